The Morgan fingerprint density at radius 3 is 2.44 bits per heavy atom. The Morgan fingerprint density at radius 2 is 1.93 bits per heavy atom. The Labute approximate surface area is 157 Å². The summed E-state index contributed by atoms with van der Waals surface area (Å²) < 4.78 is 41.3. The number of hydrogen-bond donors (Lipinski definition) is 2. The molecule has 3 rings (SSSR count). The van der Waals surface area contributed by atoms with Crippen LogP contribution in [0.3, 0.4) is 0 Å². The highest BCUT2D eigenvalue weighted by atomic mass is 35.5. The zero-order chi connectivity index (χ0) is 20.1. The van der Waals surface area contributed by atoms with Crippen molar-refractivity contribution in [1.82, 2.24) is 0 Å². The normalized spacial score (nSPS) is 19.3. The van der Waals surface area contributed by atoms with Crippen LogP contribution in [0.15, 0.2) is 36.4 Å². The number of fused-ring (bicyclic) bond motifs is 1. The minimum Gasteiger partial charge on any atom is -0.372 e. The lowest BCUT2D eigenvalue weighted by molar-refractivity contribution is -0.142. The molecule has 3 N–H and O–H groups in total. The minimum atomic E-state index is -4.95. The van der Waals surface area contributed by atoms with Gasteiger partial charge in [-0.3, -0.25) is 9.59 Å². The molecule has 2 aromatic rings. The van der Waals surface area contributed by atoms with Gasteiger partial charge in [-0.1, -0.05) is 29.8 Å². The summed E-state index contributed by atoms with van der Waals surface area (Å²) >= 11 is 6.08. The first-order valence-corrected chi connectivity index (χ1v) is 8.26. The number of hydrogen-bond acceptors (Lipinski definition) is 3. The lowest BCUT2D eigenvalue weighted by Gasteiger charge is -2.26. The number of amides is 2. The van der Waals surface area contributed by atoms with Gasteiger partial charge in [0.15, 0.2) is 5.60 Å². The molecule has 0 saturated heterocycles. The van der Waals surface area contributed by atoms with E-state index in [0.717, 1.165) is 11.0 Å². The number of benzene rings is 2. The van der Waals surface area contributed by atoms with E-state index in [1.807, 2.05) is 0 Å². The second kappa shape index (κ2) is 6.24. The van der Waals surface area contributed by atoms with Crippen molar-refractivity contribution in [3.63, 3.8) is 0 Å². The van der Waals surface area contributed by atoms with Gasteiger partial charge in [0.25, 0.3) is 5.91 Å². The highest BCUT2D eigenvalue weighted by Crippen LogP contribution is 2.51. The molecule has 5 nitrogen and oxygen atoms in total. The van der Waals surface area contributed by atoms with Crippen molar-refractivity contribution in [2.45, 2.75) is 18.7 Å². The van der Waals surface area contributed by atoms with E-state index in [0.29, 0.717) is 6.07 Å². The summed E-state index contributed by atoms with van der Waals surface area (Å²) in [5.41, 5.74) is -0.306. The van der Waals surface area contributed by atoms with Gasteiger partial charge in [-0.05, 0) is 25.1 Å². The Hall–Kier alpha value is -2.58. The van der Waals surface area contributed by atoms with Crippen LogP contribution in [0.4, 0.5) is 18.9 Å². The zero-order valence-electron chi connectivity index (χ0n) is 14.0. The van der Waals surface area contributed by atoms with E-state index in [1.165, 1.54) is 31.2 Å². The maximum Gasteiger partial charge on any atom is 0.416 e. The zero-order valence-corrected chi connectivity index (χ0v) is 14.7. The molecule has 1 heterocycles. The number of aliphatic hydroxyl groups is 1. The third-order valence-corrected chi connectivity index (χ3v) is 4.82. The fraction of sp³-hybridized carbons (Fsp3) is 0.222. The molecule has 0 aliphatic carbocycles. The first kappa shape index (κ1) is 19.2. The second-order valence-corrected chi connectivity index (χ2v) is 6.43. The predicted octanol–water partition coefficient (Wildman–Crippen LogP) is 3.06. The Bertz CT molecular complexity index is 961. The van der Waals surface area contributed by atoms with E-state index < -0.39 is 40.3 Å². The van der Waals surface area contributed by atoms with Crippen molar-refractivity contribution in [2.75, 3.05) is 11.4 Å². The molecule has 27 heavy (non-hydrogen) atoms. The van der Waals surface area contributed by atoms with Crippen LogP contribution in [0.1, 0.15) is 34.0 Å². The number of likely N-dealkylation sites (N-methyl/N-ethyl adjacent to an activating group) is 1. The lowest BCUT2D eigenvalue weighted by atomic mass is 9.83. The second-order valence-electron chi connectivity index (χ2n) is 6.02. The van der Waals surface area contributed by atoms with E-state index in [1.54, 1.807) is 0 Å². The van der Waals surface area contributed by atoms with Gasteiger partial charge in [-0.2, -0.15) is 13.2 Å². The topological polar surface area (TPSA) is 83.6 Å². The summed E-state index contributed by atoms with van der Waals surface area (Å²) in [7, 11) is 0. The molecule has 1 aliphatic rings. The number of carbonyl (C=O) groups is 2. The summed E-state index contributed by atoms with van der Waals surface area (Å²) in [6.07, 6.45) is -4.95. The number of carbonyl (C=O) groups excluding carboxylic acids is 2. The lowest BCUT2D eigenvalue weighted by Crippen LogP contribution is -2.41. The Balaban J connectivity index is 2.46. The summed E-state index contributed by atoms with van der Waals surface area (Å²) in [5, 5.41) is 11.2. The molecular weight excluding hydrogens is 385 g/mol. The molecule has 0 bridgehead atoms. The number of halogens is 4. The van der Waals surface area contributed by atoms with E-state index in [4.69, 9.17) is 17.3 Å². The van der Waals surface area contributed by atoms with E-state index in [-0.39, 0.29) is 22.8 Å². The van der Waals surface area contributed by atoms with Crippen molar-refractivity contribution < 1.29 is 27.9 Å². The van der Waals surface area contributed by atoms with Crippen molar-refractivity contribution in [3.05, 3.63) is 63.7 Å². The molecule has 1 aliphatic heterocycles. The van der Waals surface area contributed by atoms with Gasteiger partial charge >= 0.3 is 6.18 Å². The van der Waals surface area contributed by atoms with Crippen molar-refractivity contribution in [3.8, 4) is 0 Å². The molecule has 0 radical (unpaired) electrons. The van der Waals surface area contributed by atoms with Crippen LogP contribution in [-0.2, 0) is 16.6 Å². The Morgan fingerprint density at radius 1 is 1.30 bits per heavy atom. The van der Waals surface area contributed by atoms with Crippen LogP contribution >= 0.6 is 11.6 Å². The maximum absolute atomic E-state index is 13.8. The smallest absolute Gasteiger partial charge is 0.372 e. The number of rotatable bonds is 3. The van der Waals surface area contributed by atoms with Gasteiger partial charge in [0, 0.05) is 28.3 Å². The van der Waals surface area contributed by atoms with Gasteiger partial charge in [0.1, 0.15) is 0 Å². The van der Waals surface area contributed by atoms with E-state index in [2.05, 4.69) is 0 Å². The van der Waals surface area contributed by atoms with Crippen molar-refractivity contribution >= 4 is 29.1 Å². The molecule has 1 unspecified atom stereocenters. The summed E-state index contributed by atoms with van der Waals surface area (Å²) in [5.74, 6) is -2.07. The third-order valence-electron chi connectivity index (χ3n) is 4.49. The van der Waals surface area contributed by atoms with Crippen LogP contribution in [-0.4, -0.2) is 23.5 Å². The monoisotopic (exact) mass is 398 g/mol. The third kappa shape index (κ3) is 2.76. The van der Waals surface area contributed by atoms with Crippen molar-refractivity contribution in [2.24, 2.45) is 5.73 Å². The minimum absolute atomic E-state index is 0.0297. The number of anilines is 1. The first-order valence-electron chi connectivity index (χ1n) is 7.88. The summed E-state index contributed by atoms with van der Waals surface area (Å²) in [6, 6.07) is 7.23. The van der Waals surface area contributed by atoms with E-state index in [9.17, 15) is 27.9 Å². The predicted molar refractivity (Wildman–Crippen MR) is 92.4 cm³/mol. The van der Waals surface area contributed by atoms with E-state index >= 15 is 0 Å². The average molecular weight is 399 g/mol. The fourth-order valence-corrected chi connectivity index (χ4v) is 3.59. The van der Waals surface area contributed by atoms with Crippen LogP contribution in [0.5, 0.6) is 0 Å². The van der Waals surface area contributed by atoms with Gasteiger partial charge in [0.2, 0.25) is 5.91 Å². The molecule has 0 fully saturated rings. The van der Waals surface area contributed by atoms with Crippen LogP contribution in [0, 0.1) is 0 Å². The van der Waals surface area contributed by atoms with Crippen LogP contribution in [0.2, 0.25) is 5.02 Å². The number of nitrogens with two attached hydrogens (primary N) is 1. The van der Waals surface area contributed by atoms with Gasteiger partial charge < -0.3 is 15.7 Å². The Kier molecular flexibility index (Phi) is 4.44. The standard InChI is InChI=1S/C18H14ClF3N2O3/c1-2-24-13-8-9(15(23)25)7-11(18(20,21)22)14(13)17(27,16(24)26)10-5-3-4-6-12(10)19/h3-8,27H,2H2,1H3,(H2,23,25). The quantitative estimate of drug-likeness (QED) is 0.833. The fourth-order valence-electron chi connectivity index (χ4n) is 3.32. The molecule has 142 valence electrons. The van der Waals surface area contributed by atoms with Gasteiger partial charge in [-0.25, -0.2) is 0 Å². The summed E-state index contributed by atoms with van der Waals surface area (Å²) in [4.78, 5) is 25.4. The number of primary amides is 1. The number of nitrogens with zero attached hydrogens (tertiary/aromatic N) is 1. The number of alkyl halides is 3. The SMILES string of the molecule is CCN1C(=O)C(O)(c2ccccc2Cl)c2c1cc(C(N)=O)cc2C(F)(F)F. The van der Waals surface area contributed by atoms with Gasteiger partial charge in [0.05, 0.1) is 11.3 Å². The summed E-state index contributed by atoms with van der Waals surface area (Å²) in [6.45, 7) is 1.50. The molecule has 0 spiro atoms. The first-order chi connectivity index (χ1) is 12.5. The maximum atomic E-state index is 13.8. The molecule has 9 heteroatoms. The van der Waals surface area contributed by atoms with Gasteiger partial charge in [-0.15, -0.1) is 0 Å². The molecule has 1 atom stereocenters. The molecular formula is C18H14ClF3N2O3. The largest absolute Gasteiger partial charge is 0.416 e. The highest BCUT2D eigenvalue weighted by Gasteiger charge is 2.56. The molecule has 2 aromatic carbocycles. The average Bonchev–Trinajstić information content (AvgIpc) is 2.81. The van der Waals surface area contributed by atoms with Crippen molar-refractivity contribution in [1.29, 1.82) is 0 Å². The molecule has 2 amide bonds. The van der Waals surface area contributed by atoms with Crippen LogP contribution < -0.4 is 10.6 Å². The van der Waals surface area contributed by atoms with Crippen LogP contribution in [0.25, 0.3) is 0 Å². The molecule has 0 aromatic heterocycles. The highest BCUT2D eigenvalue weighted by molar-refractivity contribution is 6.32. The molecule has 0 saturated carbocycles.